The summed E-state index contributed by atoms with van der Waals surface area (Å²) in [6.07, 6.45) is 0.0668. The number of carbonyl (C=O) groups is 2. The highest BCUT2D eigenvalue weighted by molar-refractivity contribution is 5.90. The molecule has 8 heteroatoms. The lowest BCUT2D eigenvalue weighted by Crippen LogP contribution is -2.53. The highest BCUT2D eigenvalue weighted by Gasteiger charge is 2.52. The van der Waals surface area contributed by atoms with Gasteiger partial charge in [0, 0.05) is 25.3 Å². The van der Waals surface area contributed by atoms with Gasteiger partial charge in [-0.2, -0.15) is 0 Å². The Balaban J connectivity index is 1.65. The lowest BCUT2D eigenvalue weighted by Gasteiger charge is -2.36. The molecule has 1 aliphatic rings. The summed E-state index contributed by atoms with van der Waals surface area (Å²) < 4.78 is 33.3. The van der Waals surface area contributed by atoms with Crippen LogP contribution in [0.15, 0.2) is 72.8 Å². The molecule has 0 bridgehead atoms. The summed E-state index contributed by atoms with van der Waals surface area (Å²) in [7, 11) is 1.51. The summed E-state index contributed by atoms with van der Waals surface area (Å²) in [5.74, 6) is -3.65. The molecule has 0 radical (unpaired) electrons. The Morgan fingerprint density at radius 3 is 2.18 bits per heavy atom. The molecular weight excluding hydrogens is 490 g/mol. The van der Waals surface area contributed by atoms with E-state index in [-0.39, 0.29) is 18.7 Å². The van der Waals surface area contributed by atoms with E-state index in [0.717, 1.165) is 28.8 Å². The van der Waals surface area contributed by atoms with Crippen LogP contribution in [-0.4, -0.2) is 47.6 Å². The van der Waals surface area contributed by atoms with Gasteiger partial charge in [-0.25, -0.2) is 13.6 Å². The van der Waals surface area contributed by atoms with Crippen molar-refractivity contribution in [2.75, 3.05) is 19.0 Å². The van der Waals surface area contributed by atoms with Crippen LogP contribution in [0.3, 0.4) is 0 Å². The topological polar surface area (TPSA) is 78.9 Å². The Morgan fingerprint density at radius 1 is 1.00 bits per heavy atom. The van der Waals surface area contributed by atoms with Crippen molar-refractivity contribution in [3.05, 3.63) is 90.0 Å². The maximum atomic E-state index is 13.9. The van der Waals surface area contributed by atoms with Gasteiger partial charge in [0.15, 0.2) is 11.6 Å². The molecule has 38 heavy (non-hydrogen) atoms. The molecule has 1 aliphatic heterocycles. The third-order valence-electron chi connectivity index (χ3n) is 7.15. The fraction of sp³-hybridized carbons (Fsp3) is 0.333. The van der Waals surface area contributed by atoms with Crippen LogP contribution in [0.4, 0.5) is 14.5 Å². The zero-order valence-corrected chi connectivity index (χ0v) is 21.9. The van der Waals surface area contributed by atoms with Crippen LogP contribution in [0.25, 0.3) is 11.1 Å². The third kappa shape index (κ3) is 5.41. The van der Waals surface area contributed by atoms with E-state index in [1.165, 1.54) is 18.1 Å². The van der Waals surface area contributed by atoms with Crippen LogP contribution in [0.1, 0.15) is 32.8 Å². The molecule has 3 atom stereocenters. The van der Waals surface area contributed by atoms with Crippen molar-refractivity contribution in [2.45, 2.75) is 44.9 Å². The molecule has 3 aromatic rings. The zero-order chi connectivity index (χ0) is 27.7. The number of aliphatic carboxylic acids is 1. The highest BCUT2D eigenvalue weighted by atomic mass is 19.2. The normalized spacial score (nSPS) is 20.3. The summed E-state index contributed by atoms with van der Waals surface area (Å²) >= 11 is 0. The number of likely N-dealkylation sites (tertiary alicyclic amines) is 1. The molecule has 0 spiro atoms. The monoisotopic (exact) mass is 522 g/mol. The first-order valence-corrected chi connectivity index (χ1v) is 12.4. The minimum atomic E-state index is -1.14. The number of nitrogens with zero attached hydrogens (tertiary/aromatic N) is 1. The summed E-state index contributed by atoms with van der Waals surface area (Å²) in [5, 5.41) is 13.1. The molecule has 1 unspecified atom stereocenters. The number of carboxylic acid groups (broad SMARTS) is 1. The van der Waals surface area contributed by atoms with E-state index >= 15 is 0 Å². The standard InChI is InChI=1S/C30H32F2N2O4/c1-29(2,3)26(33-22-14-15-23(31)24(32)16-22)27(35)34-18-30(38-4,17-25(34)28(36)37)21-12-10-20(11-13-21)19-8-6-5-7-9-19/h5-16,25-26,33H,17-18H2,1-4H3,(H,36,37)/t25-,26?,30-/m0/s1. The Kier molecular flexibility index (Phi) is 7.56. The molecule has 0 aliphatic carbocycles. The average molecular weight is 523 g/mol. The van der Waals surface area contributed by atoms with Gasteiger partial charge < -0.3 is 20.1 Å². The summed E-state index contributed by atoms with van der Waals surface area (Å²) in [6.45, 7) is 5.48. The number of ether oxygens (including phenoxy) is 1. The Bertz CT molecular complexity index is 1310. The number of methoxy groups -OCH3 is 1. The summed E-state index contributed by atoms with van der Waals surface area (Å²) in [4.78, 5) is 27.6. The lowest BCUT2D eigenvalue weighted by molar-refractivity contribution is -0.149. The molecule has 2 N–H and O–H groups in total. The maximum Gasteiger partial charge on any atom is 0.326 e. The summed E-state index contributed by atoms with van der Waals surface area (Å²) in [5.41, 5.74) is 1.33. The molecule has 1 saturated heterocycles. The number of halogens is 2. The average Bonchev–Trinajstić information content (AvgIpc) is 3.31. The second kappa shape index (κ2) is 10.5. The van der Waals surface area contributed by atoms with Gasteiger partial charge in [-0.1, -0.05) is 75.4 Å². The second-order valence-corrected chi connectivity index (χ2v) is 10.7. The number of amides is 1. The van der Waals surface area contributed by atoms with Crippen molar-refractivity contribution >= 4 is 17.6 Å². The third-order valence-corrected chi connectivity index (χ3v) is 7.15. The number of hydrogen-bond acceptors (Lipinski definition) is 4. The molecule has 3 aromatic carbocycles. The van der Waals surface area contributed by atoms with Crippen molar-refractivity contribution in [3.8, 4) is 11.1 Å². The van der Waals surface area contributed by atoms with E-state index in [1.54, 1.807) is 0 Å². The second-order valence-electron chi connectivity index (χ2n) is 10.7. The summed E-state index contributed by atoms with van der Waals surface area (Å²) in [6, 6.07) is 18.8. The Hall–Kier alpha value is -3.78. The number of nitrogens with one attached hydrogen (secondary N) is 1. The first-order chi connectivity index (χ1) is 17.9. The lowest BCUT2D eigenvalue weighted by atomic mass is 9.85. The minimum Gasteiger partial charge on any atom is -0.480 e. The van der Waals surface area contributed by atoms with Crippen LogP contribution >= 0.6 is 0 Å². The Labute approximate surface area is 221 Å². The molecule has 0 saturated carbocycles. The van der Waals surface area contributed by atoms with Crippen LogP contribution in [0.5, 0.6) is 0 Å². The Morgan fingerprint density at radius 2 is 1.63 bits per heavy atom. The molecular formula is C30H32F2N2O4. The minimum absolute atomic E-state index is 0.0238. The SMILES string of the molecule is CO[C@@]1(c2ccc(-c3ccccc3)cc2)C[C@@H](C(=O)O)N(C(=O)C(Nc2ccc(F)c(F)c2)C(C)(C)C)C1. The van der Waals surface area contributed by atoms with Crippen LogP contribution in [-0.2, 0) is 19.9 Å². The molecule has 0 aromatic heterocycles. The number of rotatable bonds is 7. The fourth-order valence-corrected chi connectivity index (χ4v) is 4.96. The van der Waals surface area contributed by atoms with Gasteiger partial charge in [0.1, 0.15) is 17.7 Å². The number of carboxylic acids is 1. The molecule has 1 heterocycles. The van der Waals surface area contributed by atoms with Crippen molar-refractivity contribution in [2.24, 2.45) is 5.41 Å². The van der Waals surface area contributed by atoms with E-state index in [1.807, 2.05) is 75.4 Å². The van der Waals surface area contributed by atoms with E-state index < -0.39 is 46.6 Å². The van der Waals surface area contributed by atoms with Crippen molar-refractivity contribution in [1.82, 2.24) is 4.90 Å². The van der Waals surface area contributed by atoms with Gasteiger partial charge in [-0.3, -0.25) is 4.79 Å². The van der Waals surface area contributed by atoms with Crippen LogP contribution < -0.4 is 5.32 Å². The maximum absolute atomic E-state index is 13.9. The van der Waals surface area contributed by atoms with Crippen LogP contribution in [0.2, 0.25) is 0 Å². The van der Waals surface area contributed by atoms with Gasteiger partial charge in [0.2, 0.25) is 5.91 Å². The smallest absolute Gasteiger partial charge is 0.326 e. The van der Waals surface area contributed by atoms with Crippen molar-refractivity contribution in [3.63, 3.8) is 0 Å². The molecule has 4 rings (SSSR count). The van der Waals surface area contributed by atoms with E-state index in [4.69, 9.17) is 4.74 Å². The predicted molar refractivity (Wildman–Crippen MR) is 142 cm³/mol. The predicted octanol–water partition coefficient (Wildman–Crippen LogP) is 5.69. The molecule has 1 fully saturated rings. The molecule has 6 nitrogen and oxygen atoms in total. The molecule has 200 valence electrons. The highest BCUT2D eigenvalue weighted by Crippen LogP contribution is 2.41. The molecule has 1 amide bonds. The van der Waals surface area contributed by atoms with Gasteiger partial charge >= 0.3 is 5.97 Å². The first-order valence-electron chi connectivity index (χ1n) is 12.4. The first kappa shape index (κ1) is 27.3. The van der Waals surface area contributed by atoms with E-state index in [9.17, 15) is 23.5 Å². The number of carbonyl (C=O) groups excluding carboxylic acids is 1. The van der Waals surface area contributed by atoms with Crippen molar-refractivity contribution < 1.29 is 28.2 Å². The van der Waals surface area contributed by atoms with Crippen LogP contribution in [0, 0.1) is 17.0 Å². The van der Waals surface area contributed by atoms with E-state index in [2.05, 4.69) is 5.32 Å². The number of hydrogen-bond donors (Lipinski definition) is 2. The number of benzene rings is 3. The van der Waals surface area contributed by atoms with Gasteiger partial charge in [0.25, 0.3) is 0 Å². The van der Waals surface area contributed by atoms with Gasteiger partial charge in [-0.05, 0) is 34.2 Å². The van der Waals surface area contributed by atoms with Gasteiger partial charge in [0.05, 0.1) is 6.54 Å². The number of anilines is 1. The van der Waals surface area contributed by atoms with Gasteiger partial charge in [-0.15, -0.1) is 0 Å². The largest absolute Gasteiger partial charge is 0.480 e. The van der Waals surface area contributed by atoms with Crippen molar-refractivity contribution in [1.29, 1.82) is 0 Å². The fourth-order valence-electron chi connectivity index (χ4n) is 4.96. The quantitative estimate of drug-likeness (QED) is 0.417. The zero-order valence-electron chi connectivity index (χ0n) is 21.9. The van der Waals surface area contributed by atoms with E-state index in [0.29, 0.717) is 0 Å².